The standard InChI is InChI=1S/C24H34O/c1-2-3-4-5-6-7-8-9-10-14-20-25-24-19-15-18-23(21-24)22-16-12-11-13-17-22/h11-13,15-19,21H,2-10,14,20H2,1H3. The van der Waals surface area contributed by atoms with Crippen LogP contribution in [0.15, 0.2) is 54.6 Å². The first kappa shape index (κ1) is 19.6. The van der Waals surface area contributed by atoms with Crippen LogP contribution in [0.4, 0.5) is 0 Å². The molecule has 0 bridgehead atoms. The summed E-state index contributed by atoms with van der Waals surface area (Å²) >= 11 is 0. The van der Waals surface area contributed by atoms with E-state index in [1.165, 1.54) is 68.9 Å². The molecule has 0 aliphatic heterocycles. The first-order chi connectivity index (χ1) is 12.4. The number of unbranched alkanes of at least 4 members (excludes halogenated alkanes) is 9. The van der Waals surface area contributed by atoms with Crippen LogP contribution in [-0.2, 0) is 0 Å². The summed E-state index contributed by atoms with van der Waals surface area (Å²) in [5, 5.41) is 0. The summed E-state index contributed by atoms with van der Waals surface area (Å²) in [6, 6.07) is 18.9. The van der Waals surface area contributed by atoms with Crippen LogP contribution in [0, 0.1) is 0 Å². The molecule has 0 spiro atoms. The van der Waals surface area contributed by atoms with Crippen molar-refractivity contribution in [2.45, 2.75) is 71.1 Å². The molecular formula is C24H34O. The summed E-state index contributed by atoms with van der Waals surface area (Å²) in [6.45, 7) is 3.11. The molecule has 0 aliphatic rings. The maximum Gasteiger partial charge on any atom is 0.119 e. The second-order valence-corrected chi connectivity index (χ2v) is 6.92. The molecule has 0 aliphatic carbocycles. The highest BCUT2D eigenvalue weighted by atomic mass is 16.5. The first-order valence-corrected chi connectivity index (χ1v) is 10.2. The Balaban J connectivity index is 1.55. The lowest BCUT2D eigenvalue weighted by atomic mass is 10.1. The van der Waals surface area contributed by atoms with E-state index in [1.807, 2.05) is 0 Å². The molecule has 0 saturated heterocycles. The number of hydrogen-bond acceptors (Lipinski definition) is 1. The Kier molecular flexibility index (Phi) is 9.84. The highest BCUT2D eigenvalue weighted by molar-refractivity contribution is 5.64. The lowest BCUT2D eigenvalue weighted by molar-refractivity contribution is 0.304. The molecule has 0 heterocycles. The third kappa shape index (κ3) is 8.25. The van der Waals surface area contributed by atoms with Crippen LogP contribution in [0.25, 0.3) is 11.1 Å². The molecule has 2 rings (SSSR count). The van der Waals surface area contributed by atoms with Crippen LogP contribution < -0.4 is 4.74 Å². The Morgan fingerprint density at radius 1 is 0.600 bits per heavy atom. The van der Waals surface area contributed by atoms with Gasteiger partial charge in [0.2, 0.25) is 0 Å². The maximum atomic E-state index is 5.94. The summed E-state index contributed by atoms with van der Waals surface area (Å²) in [4.78, 5) is 0. The molecule has 1 nitrogen and oxygen atoms in total. The van der Waals surface area contributed by atoms with Gasteiger partial charge in [0.1, 0.15) is 5.75 Å². The average Bonchev–Trinajstić information content (AvgIpc) is 2.67. The third-order valence-electron chi connectivity index (χ3n) is 4.71. The van der Waals surface area contributed by atoms with Crippen molar-refractivity contribution >= 4 is 0 Å². The van der Waals surface area contributed by atoms with Gasteiger partial charge in [-0.2, -0.15) is 0 Å². The summed E-state index contributed by atoms with van der Waals surface area (Å²) < 4.78 is 5.94. The van der Waals surface area contributed by atoms with Crippen LogP contribution in [0.2, 0.25) is 0 Å². The monoisotopic (exact) mass is 338 g/mol. The van der Waals surface area contributed by atoms with E-state index in [0.717, 1.165) is 18.8 Å². The molecule has 2 aromatic rings. The van der Waals surface area contributed by atoms with E-state index in [1.54, 1.807) is 0 Å². The van der Waals surface area contributed by atoms with E-state index in [-0.39, 0.29) is 0 Å². The van der Waals surface area contributed by atoms with Crippen LogP contribution >= 0.6 is 0 Å². The Morgan fingerprint density at radius 3 is 1.88 bits per heavy atom. The first-order valence-electron chi connectivity index (χ1n) is 10.2. The van der Waals surface area contributed by atoms with E-state index in [2.05, 4.69) is 61.5 Å². The highest BCUT2D eigenvalue weighted by Gasteiger charge is 2.00. The molecule has 0 saturated carbocycles. The van der Waals surface area contributed by atoms with Gasteiger partial charge in [-0.1, -0.05) is 107 Å². The molecule has 0 radical (unpaired) electrons. The van der Waals surface area contributed by atoms with Crippen molar-refractivity contribution in [3.8, 4) is 16.9 Å². The van der Waals surface area contributed by atoms with Crippen molar-refractivity contribution in [2.75, 3.05) is 6.61 Å². The van der Waals surface area contributed by atoms with Crippen molar-refractivity contribution in [3.05, 3.63) is 54.6 Å². The number of ether oxygens (including phenoxy) is 1. The van der Waals surface area contributed by atoms with Gasteiger partial charge in [0.15, 0.2) is 0 Å². The van der Waals surface area contributed by atoms with Gasteiger partial charge in [0, 0.05) is 0 Å². The predicted molar refractivity (Wildman–Crippen MR) is 109 cm³/mol. The zero-order valence-corrected chi connectivity index (χ0v) is 15.9. The van der Waals surface area contributed by atoms with Gasteiger partial charge in [0.25, 0.3) is 0 Å². The molecule has 1 heteroatoms. The van der Waals surface area contributed by atoms with Crippen LogP contribution in [-0.4, -0.2) is 6.61 Å². The molecule has 25 heavy (non-hydrogen) atoms. The number of rotatable bonds is 13. The smallest absolute Gasteiger partial charge is 0.119 e. The fraction of sp³-hybridized carbons (Fsp3) is 0.500. The Labute approximate surface area is 154 Å². The van der Waals surface area contributed by atoms with E-state index in [9.17, 15) is 0 Å². The molecule has 0 atom stereocenters. The lowest BCUT2D eigenvalue weighted by Gasteiger charge is -2.08. The zero-order chi connectivity index (χ0) is 17.6. The van der Waals surface area contributed by atoms with E-state index < -0.39 is 0 Å². The minimum absolute atomic E-state index is 0.828. The third-order valence-corrected chi connectivity index (χ3v) is 4.71. The average molecular weight is 339 g/mol. The Bertz CT molecular complexity index is 561. The molecule has 0 amide bonds. The molecular weight excluding hydrogens is 304 g/mol. The SMILES string of the molecule is CCCCCCCCCCCCOc1cccc(-c2ccccc2)c1. The summed E-state index contributed by atoms with van der Waals surface area (Å²) in [6.07, 6.45) is 13.6. The number of benzene rings is 2. The van der Waals surface area contributed by atoms with Crippen LogP contribution in [0.1, 0.15) is 71.1 Å². The van der Waals surface area contributed by atoms with Gasteiger partial charge in [-0.05, 0) is 29.7 Å². The van der Waals surface area contributed by atoms with Crippen molar-refractivity contribution in [1.29, 1.82) is 0 Å². The molecule has 2 aromatic carbocycles. The molecule has 0 N–H and O–H groups in total. The van der Waals surface area contributed by atoms with Crippen molar-refractivity contribution in [2.24, 2.45) is 0 Å². The van der Waals surface area contributed by atoms with Gasteiger partial charge < -0.3 is 4.74 Å². The maximum absolute atomic E-state index is 5.94. The van der Waals surface area contributed by atoms with Crippen molar-refractivity contribution in [1.82, 2.24) is 0 Å². The Hall–Kier alpha value is -1.76. The zero-order valence-electron chi connectivity index (χ0n) is 15.9. The number of hydrogen-bond donors (Lipinski definition) is 0. The lowest BCUT2D eigenvalue weighted by Crippen LogP contribution is -1.97. The van der Waals surface area contributed by atoms with Crippen LogP contribution in [0.3, 0.4) is 0 Å². The Morgan fingerprint density at radius 2 is 1.20 bits per heavy atom. The summed E-state index contributed by atoms with van der Waals surface area (Å²) in [7, 11) is 0. The molecule has 136 valence electrons. The minimum Gasteiger partial charge on any atom is -0.494 e. The van der Waals surface area contributed by atoms with E-state index in [0.29, 0.717) is 0 Å². The fourth-order valence-electron chi connectivity index (χ4n) is 3.18. The quantitative estimate of drug-likeness (QED) is 0.341. The van der Waals surface area contributed by atoms with Gasteiger partial charge in [-0.3, -0.25) is 0 Å². The normalized spacial score (nSPS) is 10.8. The summed E-state index contributed by atoms with van der Waals surface area (Å²) in [5.74, 6) is 0.984. The minimum atomic E-state index is 0.828. The van der Waals surface area contributed by atoms with Crippen LogP contribution in [0.5, 0.6) is 5.75 Å². The van der Waals surface area contributed by atoms with Gasteiger partial charge in [0.05, 0.1) is 6.61 Å². The molecule has 0 aromatic heterocycles. The summed E-state index contributed by atoms with van der Waals surface area (Å²) in [5.41, 5.74) is 2.47. The molecule has 0 unspecified atom stereocenters. The predicted octanol–water partition coefficient (Wildman–Crippen LogP) is 7.65. The topological polar surface area (TPSA) is 9.23 Å². The molecule has 0 fully saturated rings. The second kappa shape index (κ2) is 12.6. The largest absolute Gasteiger partial charge is 0.494 e. The van der Waals surface area contributed by atoms with E-state index >= 15 is 0 Å². The van der Waals surface area contributed by atoms with Gasteiger partial charge >= 0.3 is 0 Å². The van der Waals surface area contributed by atoms with Gasteiger partial charge in [-0.15, -0.1) is 0 Å². The van der Waals surface area contributed by atoms with Crippen molar-refractivity contribution in [3.63, 3.8) is 0 Å². The second-order valence-electron chi connectivity index (χ2n) is 6.92. The highest BCUT2D eigenvalue weighted by Crippen LogP contribution is 2.23. The van der Waals surface area contributed by atoms with E-state index in [4.69, 9.17) is 4.74 Å². The fourth-order valence-corrected chi connectivity index (χ4v) is 3.18. The van der Waals surface area contributed by atoms with Gasteiger partial charge in [-0.25, -0.2) is 0 Å². The van der Waals surface area contributed by atoms with Crippen molar-refractivity contribution < 1.29 is 4.74 Å².